The number of aryl methyl sites for hydroxylation is 1. The number of nitrogens with zero attached hydrogens (tertiary/aromatic N) is 3. The largest absolute Gasteiger partial charge is 0.405 e. The number of anilines is 1. The minimum Gasteiger partial charge on any atom is -0.389 e. The SMILES string of the molecule is Cc1nnc(N(CC(F)(F)F)C2CC2)c(C(N)=S)c1C. The quantitative estimate of drug-likeness (QED) is 0.865. The Morgan fingerprint density at radius 1 is 1.35 bits per heavy atom. The zero-order valence-electron chi connectivity index (χ0n) is 11.2. The minimum absolute atomic E-state index is 0.0447. The van der Waals surface area contributed by atoms with Gasteiger partial charge < -0.3 is 10.6 Å². The summed E-state index contributed by atoms with van der Waals surface area (Å²) in [6.07, 6.45) is -2.89. The van der Waals surface area contributed by atoms with Crippen molar-refractivity contribution in [3.63, 3.8) is 0 Å². The predicted octanol–water partition coefficient (Wildman–Crippen LogP) is 2.26. The van der Waals surface area contributed by atoms with Gasteiger partial charge in [0.15, 0.2) is 5.82 Å². The molecule has 0 radical (unpaired) electrons. The lowest BCUT2D eigenvalue weighted by Gasteiger charge is -2.27. The van der Waals surface area contributed by atoms with Crippen LogP contribution in [0.15, 0.2) is 0 Å². The fourth-order valence-corrected chi connectivity index (χ4v) is 2.29. The molecule has 0 aliphatic heterocycles. The molecule has 0 unspecified atom stereocenters. The van der Waals surface area contributed by atoms with Gasteiger partial charge in [-0.15, -0.1) is 5.10 Å². The normalized spacial score (nSPS) is 15.2. The highest BCUT2D eigenvalue weighted by atomic mass is 32.1. The van der Waals surface area contributed by atoms with Crippen LogP contribution in [0.1, 0.15) is 29.7 Å². The van der Waals surface area contributed by atoms with E-state index in [1.165, 1.54) is 4.90 Å². The summed E-state index contributed by atoms with van der Waals surface area (Å²) >= 11 is 4.97. The highest BCUT2D eigenvalue weighted by Crippen LogP contribution is 2.35. The van der Waals surface area contributed by atoms with E-state index in [1.54, 1.807) is 13.8 Å². The van der Waals surface area contributed by atoms with Crippen LogP contribution in [0.5, 0.6) is 0 Å². The van der Waals surface area contributed by atoms with E-state index in [4.69, 9.17) is 18.0 Å². The van der Waals surface area contributed by atoms with E-state index in [0.717, 1.165) is 0 Å². The Morgan fingerprint density at radius 2 is 1.95 bits per heavy atom. The van der Waals surface area contributed by atoms with Crippen molar-refractivity contribution in [1.82, 2.24) is 10.2 Å². The van der Waals surface area contributed by atoms with Gasteiger partial charge in [-0.2, -0.15) is 18.3 Å². The average Bonchev–Trinajstić information content (AvgIpc) is 3.12. The standard InChI is InChI=1S/C12H15F3N4S/c1-6-7(2)17-18-11(9(6)10(16)20)19(8-3-4-8)5-12(13,14)15/h8H,3-5H2,1-2H3,(H2,16,20). The second-order valence-corrected chi connectivity index (χ2v) is 5.39. The molecule has 2 N–H and O–H groups in total. The fourth-order valence-electron chi connectivity index (χ4n) is 2.05. The number of hydrogen-bond donors (Lipinski definition) is 1. The van der Waals surface area contributed by atoms with Crippen LogP contribution in [0, 0.1) is 13.8 Å². The zero-order chi connectivity index (χ0) is 15.1. The lowest BCUT2D eigenvalue weighted by molar-refractivity contribution is -0.120. The Hall–Kier alpha value is -1.44. The summed E-state index contributed by atoms with van der Waals surface area (Å²) in [5, 5.41) is 7.82. The number of alkyl halides is 3. The number of hydrogen-bond acceptors (Lipinski definition) is 4. The molecule has 1 aromatic rings. The van der Waals surface area contributed by atoms with Gasteiger partial charge in [-0.05, 0) is 32.3 Å². The van der Waals surface area contributed by atoms with E-state index in [2.05, 4.69) is 10.2 Å². The van der Waals surface area contributed by atoms with Crippen LogP contribution < -0.4 is 10.6 Å². The van der Waals surface area contributed by atoms with Gasteiger partial charge in [-0.1, -0.05) is 12.2 Å². The van der Waals surface area contributed by atoms with Crippen molar-refractivity contribution in [3.8, 4) is 0 Å². The average molecular weight is 304 g/mol. The third kappa shape index (κ3) is 3.17. The predicted molar refractivity (Wildman–Crippen MR) is 73.8 cm³/mol. The van der Waals surface area contributed by atoms with Crippen molar-refractivity contribution < 1.29 is 13.2 Å². The first-order valence-corrected chi connectivity index (χ1v) is 6.58. The van der Waals surface area contributed by atoms with Gasteiger partial charge in [-0.25, -0.2) is 0 Å². The lowest BCUT2D eigenvalue weighted by Crippen LogP contribution is -2.38. The molecule has 0 aromatic carbocycles. The summed E-state index contributed by atoms with van der Waals surface area (Å²) in [6, 6.07) is -0.166. The van der Waals surface area contributed by atoms with E-state index in [9.17, 15) is 13.2 Å². The molecule has 2 rings (SSSR count). The van der Waals surface area contributed by atoms with Crippen LogP contribution in [0.4, 0.5) is 19.0 Å². The van der Waals surface area contributed by atoms with Crippen molar-refractivity contribution in [2.24, 2.45) is 5.73 Å². The van der Waals surface area contributed by atoms with Gasteiger partial charge >= 0.3 is 6.18 Å². The van der Waals surface area contributed by atoms with Crippen molar-refractivity contribution in [2.45, 2.75) is 38.9 Å². The van der Waals surface area contributed by atoms with Crippen LogP contribution in [0.3, 0.4) is 0 Å². The maximum Gasteiger partial charge on any atom is 0.405 e. The van der Waals surface area contributed by atoms with E-state index in [0.29, 0.717) is 29.7 Å². The molecule has 0 amide bonds. The molecular formula is C12H15F3N4S. The maximum absolute atomic E-state index is 12.7. The molecule has 0 bridgehead atoms. The van der Waals surface area contributed by atoms with Gasteiger partial charge in [0.1, 0.15) is 11.5 Å². The molecule has 4 nitrogen and oxygen atoms in total. The third-order valence-electron chi connectivity index (χ3n) is 3.29. The zero-order valence-corrected chi connectivity index (χ0v) is 12.0. The summed E-state index contributed by atoms with van der Waals surface area (Å²) < 4.78 is 38.2. The number of thiocarbonyl (C=S) groups is 1. The van der Waals surface area contributed by atoms with Crippen molar-refractivity contribution in [1.29, 1.82) is 0 Å². The molecule has 1 saturated carbocycles. The molecule has 1 heterocycles. The highest BCUT2D eigenvalue weighted by molar-refractivity contribution is 7.80. The van der Waals surface area contributed by atoms with Gasteiger partial charge in [-0.3, -0.25) is 0 Å². The summed E-state index contributed by atoms with van der Waals surface area (Å²) in [5.74, 6) is 0.139. The summed E-state index contributed by atoms with van der Waals surface area (Å²) in [5.41, 5.74) is 7.34. The molecule has 1 fully saturated rings. The molecule has 110 valence electrons. The molecule has 1 aliphatic carbocycles. The first kappa shape index (κ1) is 15.0. The van der Waals surface area contributed by atoms with Crippen LogP contribution in [0.25, 0.3) is 0 Å². The van der Waals surface area contributed by atoms with Gasteiger partial charge in [0, 0.05) is 6.04 Å². The summed E-state index contributed by atoms with van der Waals surface area (Å²) in [4.78, 5) is 1.26. The molecule has 0 saturated heterocycles. The van der Waals surface area contributed by atoms with Crippen molar-refractivity contribution in [2.75, 3.05) is 11.4 Å². The van der Waals surface area contributed by atoms with Crippen LogP contribution in [-0.2, 0) is 0 Å². The summed E-state index contributed by atoms with van der Waals surface area (Å²) in [6.45, 7) is 2.39. The fraction of sp³-hybridized carbons (Fsp3) is 0.583. The Kier molecular flexibility index (Phi) is 3.86. The van der Waals surface area contributed by atoms with Crippen LogP contribution in [0.2, 0.25) is 0 Å². The molecule has 0 spiro atoms. The van der Waals surface area contributed by atoms with Crippen molar-refractivity contribution in [3.05, 3.63) is 16.8 Å². The number of halogens is 3. The lowest BCUT2D eigenvalue weighted by atomic mass is 10.1. The molecule has 1 aromatic heterocycles. The van der Waals surface area contributed by atoms with Crippen LogP contribution >= 0.6 is 12.2 Å². The highest BCUT2D eigenvalue weighted by Gasteiger charge is 2.40. The third-order valence-corrected chi connectivity index (χ3v) is 3.50. The van der Waals surface area contributed by atoms with Crippen molar-refractivity contribution >= 4 is 23.0 Å². The maximum atomic E-state index is 12.7. The molecule has 8 heteroatoms. The second kappa shape index (κ2) is 5.16. The Bertz CT molecular complexity index is 540. The van der Waals surface area contributed by atoms with E-state index < -0.39 is 12.7 Å². The second-order valence-electron chi connectivity index (χ2n) is 4.95. The Morgan fingerprint density at radius 3 is 2.40 bits per heavy atom. The van der Waals surface area contributed by atoms with E-state index in [-0.39, 0.29) is 16.8 Å². The minimum atomic E-state index is -4.31. The molecule has 1 aliphatic rings. The van der Waals surface area contributed by atoms with E-state index in [1.807, 2.05) is 0 Å². The molecular weight excluding hydrogens is 289 g/mol. The first-order valence-electron chi connectivity index (χ1n) is 6.18. The topological polar surface area (TPSA) is 55.0 Å². The monoisotopic (exact) mass is 304 g/mol. The van der Waals surface area contributed by atoms with Gasteiger partial charge in [0.25, 0.3) is 0 Å². The van der Waals surface area contributed by atoms with Crippen LogP contribution in [-0.4, -0.2) is 33.9 Å². The molecule has 0 atom stereocenters. The number of rotatable bonds is 4. The molecule has 20 heavy (non-hydrogen) atoms. The van der Waals surface area contributed by atoms with Gasteiger partial charge in [0.05, 0.1) is 11.3 Å². The first-order chi connectivity index (χ1) is 9.20. The number of aromatic nitrogens is 2. The smallest absolute Gasteiger partial charge is 0.389 e. The van der Waals surface area contributed by atoms with E-state index >= 15 is 0 Å². The Labute approximate surface area is 120 Å². The number of nitrogens with two attached hydrogens (primary N) is 1. The van der Waals surface area contributed by atoms with Gasteiger partial charge in [0.2, 0.25) is 0 Å². The Balaban J connectivity index is 2.48. The summed E-state index contributed by atoms with van der Waals surface area (Å²) in [7, 11) is 0.